The Balaban J connectivity index is 1.68. The second kappa shape index (κ2) is 6.62. The van der Waals surface area contributed by atoms with Crippen LogP contribution < -0.4 is 10.2 Å². The van der Waals surface area contributed by atoms with E-state index in [1.54, 1.807) is 11.3 Å². The lowest BCUT2D eigenvalue weighted by molar-refractivity contribution is 0.0907. The highest BCUT2D eigenvalue weighted by Crippen LogP contribution is 2.20. The van der Waals surface area contributed by atoms with Gasteiger partial charge in [0.2, 0.25) is 5.82 Å². The molecule has 6 nitrogen and oxygen atoms in total. The van der Waals surface area contributed by atoms with E-state index >= 15 is 0 Å². The van der Waals surface area contributed by atoms with Crippen LogP contribution in [0.1, 0.15) is 15.6 Å². The second-order valence-electron chi connectivity index (χ2n) is 5.13. The summed E-state index contributed by atoms with van der Waals surface area (Å²) >= 11 is 1.58. The summed E-state index contributed by atoms with van der Waals surface area (Å²) in [5.74, 6) is -0.00752. The van der Waals surface area contributed by atoms with E-state index < -0.39 is 0 Å². The van der Waals surface area contributed by atoms with Gasteiger partial charge < -0.3 is 14.7 Å². The van der Waals surface area contributed by atoms with Crippen LogP contribution in [0.15, 0.2) is 46.3 Å². The Labute approximate surface area is 137 Å². The fraction of sp³-hybridized carbons (Fsp3) is 0.188. The number of anilines is 1. The van der Waals surface area contributed by atoms with Gasteiger partial charge in [0, 0.05) is 30.2 Å². The molecule has 0 saturated heterocycles. The van der Waals surface area contributed by atoms with Crippen molar-refractivity contribution in [1.29, 1.82) is 0 Å². The first-order valence-electron chi connectivity index (χ1n) is 7.05. The van der Waals surface area contributed by atoms with Crippen LogP contribution in [0.5, 0.6) is 0 Å². The molecule has 0 aliphatic rings. The normalized spacial score (nSPS) is 10.5. The van der Waals surface area contributed by atoms with Crippen LogP contribution in [0.2, 0.25) is 0 Å². The number of hydrogen-bond donors (Lipinski definition) is 1. The third-order valence-electron chi connectivity index (χ3n) is 3.27. The van der Waals surface area contributed by atoms with Crippen LogP contribution in [-0.2, 0) is 6.54 Å². The summed E-state index contributed by atoms with van der Waals surface area (Å²) in [7, 11) is 3.94. The summed E-state index contributed by atoms with van der Waals surface area (Å²) in [5, 5.41) is 8.59. The molecule has 0 spiro atoms. The maximum Gasteiger partial charge on any atom is 0.316 e. The second-order valence-corrected chi connectivity index (χ2v) is 6.16. The van der Waals surface area contributed by atoms with Crippen LogP contribution in [0.3, 0.4) is 0 Å². The molecule has 3 aromatic rings. The number of carbonyl (C=O) groups excluding carboxylic acids is 1. The molecule has 1 N–H and O–H groups in total. The molecular weight excluding hydrogens is 312 g/mol. The molecule has 2 aromatic heterocycles. The molecule has 1 aromatic carbocycles. The third kappa shape index (κ3) is 3.57. The van der Waals surface area contributed by atoms with Crippen molar-refractivity contribution in [2.24, 2.45) is 0 Å². The lowest BCUT2D eigenvalue weighted by Crippen LogP contribution is -2.22. The minimum Gasteiger partial charge on any atom is -0.378 e. The molecule has 0 radical (unpaired) electrons. The molecule has 0 saturated carbocycles. The zero-order valence-electron chi connectivity index (χ0n) is 12.8. The number of nitrogens with zero attached hydrogens (tertiary/aromatic N) is 3. The van der Waals surface area contributed by atoms with E-state index in [0.717, 1.165) is 16.1 Å². The number of hydrogen-bond acceptors (Lipinski definition) is 6. The SMILES string of the molecule is CN(C)c1ccc(-c2noc(C(=O)NCc3cccs3)n2)cc1. The lowest BCUT2D eigenvalue weighted by atomic mass is 10.2. The quantitative estimate of drug-likeness (QED) is 0.780. The number of carbonyl (C=O) groups is 1. The molecule has 0 bridgehead atoms. The Morgan fingerprint density at radius 1 is 1.26 bits per heavy atom. The van der Waals surface area contributed by atoms with E-state index in [1.807, 2.05) is 60.8 Å². The van der Waals surface area contributed by atoms with Gasteiger partial charge in [0.1, 0.15) is 0 Å². The molecule has 23 heavy (non-hydrogen) atoms. The van der Waals surface area contributed by atoms with Gasteiger partial charge in [-0.15, -0.1) is 11.3 Å². The molecule has 0 atom stereocenters. The number of benzene rings is 1. The predicted molar refractivity (Wildman–Crippen MR) is 89.6 cm³/mol. The fourth-order valence-corrected chi connectivity index (χ4v) is 2.64. The van der Waals surface area contributed by atoms with E-state index in [4.69, 9.17) is 4.52 Å². The molecule has 118 valence electrons. The van der Waals surface area contributed by atoms with E-state index in [0.29, 0.717) is 12.4 Å². The fourth-order valence-electron chi connectivity index (χ4n) is 2.00. The highest BCUT2D eigenvalue weighted by molar-refractivity contribution is 7.09. The standard InChI is InChI=1S/C16H16N4O2S/c1-20(2)12-7-5-11(6-8-12)14-18-16(22-19-14)15(21)17-10-13-4-3-9-23-13/h3-9H,10H2,1-2H3,(H,17,21). The largest absolute Gasteiger partial charge is 0.378 e. The highest BCUT2D eigenvalue weighted by atomic mass is 32.1. The molecule has 0 aliphatic carbocycles. The number of amides is 1. The average Bonchev–Trinajstić information content (AvgIpc) is 3.24. The van der Waals surface area contributed by atoms with Crippen LogP contribution in [-0.4, -0.2) is 30.1 Å². The van der Waals surface area contributed by atoms with Gasteiger partial charge in [-0.3, -0.25) is 4.79 Å². The van der Waals surface area contributed by atoms with Crippen LogP contribution in [0, 0.1) is 0 Å². The summed E-state index contributed by atoms with van der Waals surface area (Å²) in [6, 6.07) is 11.6. The molecular formula is C16H16N4O2S. The first-order valence-corrected chi connectivity index (χ1v) is 7.93. The van der Waals surface area contributed by atoms with Gasteiger partial charge in [-0.25, -0.2) is 0 Å². The van der Waals surface area contributed by atoms with Gasteiger partial charge in [-0.2, -0.15) is 4.98 Å². The first-order chi connectivity index (χ1) is 11.1. The summed E-state index contributed by atoms with van der Waals surface area (Å²) < 4.78 is 5.05. The maximum absolute atomic E-state index is 12.0. The van der Waals surface area contributed by atoms with Crippen molar-refractivity contribution in [2.75, 3.05) is 19.0 Å². The average molecular weight is 328 g/mol. The first kappa shape index (κ1) is 15.2. The lowest BCUT2D eigenvalue weighted by Gasteiger charge is -2.11. The number of nitrogens with one attached hydrogen (secondary N) is 1. The highest BCUT2D eigenvalue weighted by Gasteiger charge is 2.16. The van der Waals surface area contributed by atoms with Gasteiger partial charge in [-0.05, 0) is 35.7 Å². The Kier molecular flexibility index (Phi) is 4.38. The zero-order valence-corrected chi connectivity index (χ0v) is 13.6. The minimum atomic E-state index is -0.373. The van der Waals surface area contributed by atoms with Crippen molar-refractivity contribution in [3.8, 4) is 11.4 Å². The maximum atomic E-state index is 12.0. The predicted octanol–water partition coefficient (Wildman–Crippen LogP) is 2.79. The van der Waals surface area contributed by atoms with Gasteiger partial charge in [-0.1, -0.05) is 11.2 Å². The molecule has 3 rings (SSSR count). The van der Waals surface area contributed by atoms with E-state index in [2.05, 4.69) is 15.5 Å². The van der Waals surface area contributed by atoms with Crippen molar-refractivity contribution in [2.45, 2.75) is 6.54 Å². The van der Waals surface area contributed by atoms with Gasteiger partial charge in [0.05, 0.1) is 6.54 Å². The molecule has 7 heteroatoms. The topological polar surface area (TPSA) is 71.3 Å². The number of rotatable bonds is 5. The van der Waals surface area contributed by atoms with E-state index in [1.165, 1.54) is 0 Å². The monoisotopic (exact) mass is 328 g/mol. The summed E-state index contributed by atoms with van der Waals surface area (Å²) in [6.45, 7) is 0.450. The third-order valence-corrected chi connectivity index (χ3v) is 4.14. The summed E-state index contributed by atoms with van der Waals surface area (Å²) in [6.07, 6.45) is 0. The van der Waals surface area contributed by atoms with E-state index in [9.17, 15) is 4.79 Å². The van der Waals surface area contributed by atoms with Crippen molar-refractivity contribution in [3.63, 3.8) is 0 Å². The molecule has 0 fully saturated rings. The minimum absolute atomic E-state index is 0.0340. The smallest absolute Gasteiger partial charge is 0.316 e. The Morgan fingerprint density at radius 3 is 2.70 bits per heavy atom. The Bertz CT molecular complexity index is 779. The molecule has 1 amide bonds. The van der Waals surface area contributed by atoms with Crippen LogP contribution in [0.25, 0.3) is 11.4 Å². The molecule has 0 aliphatic heterocycles. The Morgan fingerprint density at radius 2 is 2.04 bits per heavy atom. The molecule has 0 unspecified atom stereocenters. The van der Waals surface area contributed by atoms with Gasteiger partial charge in [0.15, 0.2) is 0 Å². The van der Waals surface area contributed by atoms with Crippen LogP contribution in [0.4, 0.5) is 5.69 Å². The zero-order chi connectivity index (χ0) is 16.2. The van der Waals surface area contributed by atoms with Crippen LogP contribution >= 0.6 is 11.3 Å². The Hall–Kier alpha value is -2.67. The van der Waals surface area contributed by atoms with Gasteiger partial charge >= 0.3 is 11.8 Å². The van der Waals surface area contributed by atoms with Crippen molar-refractivity contribution in [3.05, 3.63) is 52.5 Å². The van der Waals surface area contributed by atoms with Crippen molar-refractivity contribution in [1.82, 2.24) is 15.5 Å². The number of thiophene rings is 1. The van der Waals surface area contributed by atoms with Crippen molar-refractivity contribution < 1.29 is 9.32 Å². The number of aromatic nitrogens is 2. The van der Waals surface area contributed by atoms with E-state index in [-0.39, 0.29) is 11.8 Å². The summed E-state index contributed by atoms with van der Waals surface area (Å²) in [5.41, 5.74) is 1.88. The van der Waals surface area contributed by atoms with Crippen molar-refractivity contribution >= 4 is 22.9 Å². The van der Waals surface area contributed by atoms with Gasteiger partial charge in [0.25, 0.3) is 0 Å². The molecule has 2 heterocycles. The summed E-state index contributed by atoms with van der Waals surface area (Å²) in [4.78, 5) is 19.2.